The number of halogens is 2. The third kappa shape index (κ3) is 6.17. The summed E-state index contributed by atoms with van der Waals surface area (Å²) in [6.45, 7) is 2.38. The van der Waals surface area contributed by atoms with E-state index in [1.807, 2.05) is 30.3 Å². The van der Waals surface area contributed by atoms with Gasteiger partial charge in [-0.05, 0) is 19.4 Å². The Morgan fingerprint density at radius 2 is 1.88 bits per heavy atom. The van der Waals surface area contributed by atoms with Gasteiger partial charge in [-0.3, -0.25) is 4.57 Å². The lowest BCUT2D eigenvalue weighted by molar-refractivity contribution is 0.0166. The van der Waals surface area contributed by atoms with Gasteiger partial charge in [0.1, 0.15) is 18.5 Å². The number of fused-ring (bicyclic) bond motifs is 1. The maximum absolute atomic E-state index is 14.8. The predicted octanol–water partition coefficient (Wildman–Crippen LogP) is 4.24. The molecule has 0 aliphatic heterocycles. The molecule has 0 amide bonds. The summed E-state index contributed by atoms with van der Waals surface area (Å²) in [5, 5.41) is 12.5. The van der Waals surface area contributed by atoms with E-state index in [-0.39, 0.29) is 19.8 Å². The lowest BCUT2D eigenvalue weighted by Gasteiger charge is -2.28. The zero-order valence-corrected chi connectivity index (χ0v) is 19.9. The number of alkyl halides is 2. The fourth-order valence-electron chi connectivity index (χ4n) is 3.37. The Morgan fingerprint density at radius 3 is 2.53 bits per heavy atom. The molecule has 186 valence electrons. The zero-order chi connectivity index (χ0) is 24.6. The number of ether oxygens (including phenoxy) is 1. The van der Waals surface area contributed by atoms with Gasteiger partial charge in [-0.1, -0.05) is 30.3 Å². The van der Waals surface area contributed by atoms with Crippen molar-refractivity contribution < 1.29 is 32.2 Å². The van der Waals surface area contributed by atoms with Crippen LogP contribution >= 0.6 is 7.60 Å². The van der Waals surface area contributed by atoms with Crippen molar-refractivity contribution in [3.05, 3.63) is 54.0 Å². The summed E-state index contributed by atoms with van der Waals surface area (Å²) in [6, 6.07) is 8.54. The van der Waals surface area contributed by atoms with Crippen LogP contribution in [-0.4, -0.2) is 51.6 Å². The predicted molar refractivity (Wildman–Crippen MR) is 123 cm³/mol. The highest BCUT2D eigenvalue weighted by atomic mass is 31.2. The standard InChI is InChI=1S/C22H29F2N4O5P/c1-3-32-34(30,33-4-2)22(23,24)10-18(13-29)25-11-17-12-26-20-19(17)27-15-28-21(20)31-14-16-8-6-5-7-9-16/h5-9,12,15,18,25-26,29H,3-4,10-11,13-14H2,1-2H3. The number of nitrogens with zero attached hydrogens (tertiary/aromatic N) is 2. The van der Waals surface area contributed by atoms with Crippen LogP contribution in [0.2, 0.25) is 0 Å². The molecule has 0 spiro atoms. The minimum atomic E-state index is -4.68. The third-order valence-electron chi connectivity index (χ3n) is 5.02. The molecule has 1 unspecified atom stereocenters. The molecule has 0 aliphatic carbocycles. The number of nitrogens with one attached hydrogen (secondary N) is 2. The molecular weight excluding hydrogens is 469 g/mol. The molecular formula is C22H29F2N4O5P. The van der Waals surface area contributed by atoms with Crippen LogP contribution in [0.3, 0.4) is 0 Å². The average molecular weight is 498 g/mol. The van der Waals surface area contributed by atoms with Gasteiger partial charge in [0.15, 0.2) is 0 Å². The molecule has 2 aromatic heterocycles. The number of aromatic nitrogens is 3. The normalized spacial score (nSPS) is 13.3. The number of aromatic amines is 1. The molecule has 1 atom stereocenters. The van der Waals surface area contributed by atoms with E-state index in [1.54, 1.807) is 6.20 Å². The molecule has 0 radical (unpaired) electrons. The van der Waals surface area contributed by atoms with Gasteiger partial charge in [-0.15, -0.1) is 0 Å². The Kier molecular flexibility index (Phi) is 9.10. The fourth-order valence-corrected chi connectivity index (χ4v) is 4.95. The number of hydrogen-bond acceptors (Lipinski definition) is 8. The van der Waals surface area contributed by atoms with Crippen LogP contribution in [0.25, 0.3) is 11.0 Å². The first-order valence-corrected chi connectivity index (χ1v) is 12.5. The number of rotatable bonds is 14. The monoisotopic (exact) mass is 498 g/mol. The summed E-state index contributed by atoms with van der Waals surface area (Å²) < 4.78 is 57.5. The van der Waals surface area contributed by atoms with Crippen molar-refractivity contribution >= 4 is 18.6 Å². The first-order valence-electron chi connectivity index (χ1n) is 10.9. The maximum atomic E-state index is 14.8. The highest BCUT2D eigenvalue weighted by Gasteiger charge is 2.54. The van der Waals surface area contributed by atoms with Crippen LogP contribution in [-0.2, 0) is 26.8 Å². The number of H-pyrrole nitrogens is 1. The Labute approximate surface area is 196 Å². The molecule has 3 N–H and O–H groups in total. The van der Waals surface area contributed by atoms with Gasteiger partial charge in [0, 0.05) is 30.8 Å². The maximum Gasteiger partial charge on any atom is 0.399 e. The molecule has 3 rings (SSSR count). The Morgan fingerprint density at radius 1 is 1.18 bits per heavy atom. The van der Waals surface area contributed by atoms with E-state index in [1.165, 1.54) is 20.2 Å². The SMILES string of the molecule is CCOP(=O)(OCC)C(F)(F)CC(CO)NCc1c[nH]c2c(OCc3ccccc3)ncnc12. The first-order chi connectivity index (χ1) is 16.3. The van der Waals surface area contributed by atoms with Crippen molar-refractivity contribution in [3.8, 4) is 5.88 Å². The quantitative estimate of drug-likeness (QED) is 0.283. The zero-order valence-electron chi connectivity index (χ0n) is 19.0. The van der Waals surface area contributed by atoms with Gasteiger partial charge >= 0.3 is 13.3 Å². The van der Waals surface area contributed by atoms with Gasteiger partial charge in [0.25, 0.3) is 0 Å². The minimum Gasteiger partial charge on any atom is -0.471 e. The van der Waals surface area contributed by atoms with E-state index in [9.17, 15) is 18.5 Å². The van der Waals surface area contributed by atoms with Crippen LogP contribution in [0.5, 0.6) is 5.88 Å². The summed E-state index contributed by atoms with van der Waals surface area (Å²) in [7, 11) is -4.68. The molecule has 1 aromatic carbocycles. The second-order valence-electron chi connectivity index (χ2n) is 7.45. The Hall–Kier alpha value is -2.43. The number of benzene rings is 1. The van der Waals surface area contributed by atoms with Crippen LogP contribution in [0.15, 0.2) is 42.9 Å². The van der Waals surface area contributed by atoms with Crippen LogP contribution in [0.1, 0.15) is 31.4 Å². The van der Waals surface area contributed by atoms with Gasteiger partial charge < -0.3 is 29.2 Å². The largest absolute Gasteiger partial charge is 0.471 e. The molecule has 0 saturated carbocycles. The van der Waals surface area contributed by atoms with Gasteiger partial charge in [0.2, 0.25) is 5.88 Å². The molecule has 12 heteroatoms. The van der Waals surface area contributed by atoms with Crippen molar-refractivity contribution in [1.82, 2.24) is 20.3 Å². The van der Waals surface area contributed by atoms with Gasteiger partial charge in [-0.2, -0.15) is 13.8 Å². The van der Waals surface area contributed by atoms with E-state index >= 15 is 0 Å². The van der Waals surface area contributed by atoms with Crippen LogP contribution in [0.4, 0.5) is 8.78 Å². The van der Waals surface area contributed by atoms with E-state index in [4.69, 9.17) is 13.8 Å². The molecule has 0 saturated heterocycles. The molecule has 0 fully saturated rings. The fraction of sp³-hybridized carbons (Fsp3) is 0.455. The average Bonchev–Trinajstić information content (AvgIpc) is 3.25. The summed E-state index contributed by atoms with van der Waals surface area (Å²) in [6.07, 6.45) is 2.10. The second kappa shape index (κ2) is 11.8. The van der Waals surface area contributed by atoms with Crippen molar-refractivity contribution in [3.63, 3.8) is 0 Å². The molecule has 3 aromatic rings. The summed E-state index contributed by atoms with van der Waals surface area (Å²) >= 11 is 0. The highest BCUT2D eigenvalue weighted by molar-refractivity contribution is 7.55. The number of aliphatic hydroxyl groups excluding tert-OH is 1. The Balaban J connectivity index is 1.68. The van der Waals surface area contributed by atoms with Crippen LogP contribution < -0.4 is 10.1 Å². The number of aliphatic hydroxyl groups is 1. The van der Waals surface area contributed by atoms with E-state index in [0.29, 0.717) is 29.1 Å². The van der Waals surface area contributed by atoms with Crippen molar-refractivity contribution in [2.75, 3.05) is 19.8 Å². The first kappa shape index (κ1) is 26.2. The molecule has 2 heterocycles. The van der Waals surface area contributed by atoms with E-state index in [2.05, 4.69) is 20.3 Å². The van der Waals surface area contributed by atoms with Gasteiger partial charge in [0.05, 0.1) is 25.3 Å². The molecule has 34 heavy (non-hydrogen) atoms. The second-order valence-corrected chi connectivity index (χ2v) is 9.62. The third-order valence-corrected chi connectivity index (χ3v) is 7.20. The Bertz CT molecular complexity index is 1090. The highest BCUT2D eigenvalue weighted by Crippen LogP contribution is 2.63. The van der Waals surface area contributed by atoms with E-state index in [0.717, 1.165) is 5.56 Å². The van der Waals surface area contributed by atoms with Crippen molar-refractivity contribution in [2.45, 2.75) is 45.1 Å². The molecule has 0 bridgehead atoms. The van der Waals surface area contributed by atoms with Crippen molar-refractivity contribution in [1.29, 1.82) is 0 Å². The lowest BCUT2D eigenvalue weighted by atomic mass is 10.2. The molecule has 9 nitrogen and oxygen atoms in total. The van der Waals surface area contributed by atoms with Crippen molar-refractivity contribution in [2.24, 2.45) is 0 Å². The molecule has 0 aliphatic rings. The number of hydrogen-bond donors (Lipinski definition) is 3. The van der Waals surface area contributed by atoms with Gasteiger partial charge in [-0.25, -0.2) is 4.98 Å². The minimum absolute atomic E-state index is 0.115. The summed E-state index contributed by atoms with van der Waals surface area (Å²) in [5.74, 6) is 0.361. The summed E-state index contributed by atoms with van der Waals surface area (Å²) in [5.41, 5.74) is -1.01. The lowest BCUT2D eigenvalue weighted by Crippen LogP contribution is -2.38. The van der Waals surface area contributed by atoms with Crippen LogP contribution in [0, 0.1) is 0 Å². The summed E-state index contributed by atoms with van der Waals surface area (Å²) in [4.78, 5) is 11.5. The van der Waals surface area contributed by atoms with E-state index < -0.39 is 32.3 Å². The smallest absolute Gasteiger partial charge is 0.399 e. The topological polar surface area (TPSA) is 119 Å².